The highest BCUT2D eigenvalue weighted by molar-refractivity contribution is 14.1. The second-order valence-electron chi connectivity index (χ2n) is 6.30. The highest BCUT2D eigenvalue weighted by Crippen LogP contribution is 2.35. The molecule has 0 atom stereocenters. The van der Waals surface area contributed by atoms with Crippen LogP contribution in [0.5, 0.6) is 11.5 Å². The van der Waals surface area contributed by atoms with E-state index in [1.807, 2.05) is 6.92 Å². The summed E-state index contributed by atoms with van der Waals surface area (Å²) in [5.41, 5.74) is 1.01. The van der Waals surface area contributed by atoms with Crippen LogP contribution in [0.3, 0.4) is 0 Å². The third-order valence-electron chi connectivity index (χ3n) is 4.16. The van der Waals surface area contributed by atoms with Crippen molar-refractivity contribution < 1.29 is 19.1 Å². The monoisotopic (exact) mass is 568 g/mol. The van der Waals surface area contributed by atoms with Crippen molar-refractivity contribution in [2.75, 3.05) is 18.1 Å². The van der Waals surface area contributed by atoms with Crippen molar-refractivity contribution >= 4 is 75.1 Å². The predicted octanol–water partition coefficient (Wildman–Crippen LogP) is 4.74. The molecule has 0 radical (unpaired) electrons. The zero-order valence-corrected chi connectivity index (χ0v) is 20.2. The first kappa shape index (κ1) is 23.2. The molecule has 1 fully saturated rings. The lowest BCUT2D eigenvalue weighted by molar-refractivity contribution is -0.122. The van der Waals surface area contributed by atoms with Crippen LogP contribution in [0, 0.1) is 3.57 Å². The second-order valence-corrected chi connectivity index (χ2v) is 8.29. The minimum Gasteiger partial charge on any atom is -0.490 e. The van der Waals surface area contributed by atoms with Gasteiger partial charge in [0.15, 0.2) is 16.6 Å². The third kappa shape index (κ3) is 5.25. The van der Waals surface area contributed by atoms with Crippen LogP contribution in [0.15, 0.2) is 54.6 Å². The van der Waals surface area contributed by atoms with E-state index >= 15 is 0 Å². The normalized spacial score (nSPS) is 15.1. The van der Waals surface area contributed by atoms with Crippen LogP contribution in [0.2, 0.25) is 5.02 Å². The summed E-state index contributed by atoms with van der Waals surface area (Å²) in [5.74, 6) is -0.0381. The molecule has 1 aliphatic rings. The number of carbonyl (C=O) groups excluding carboxylic acids is 2. The lowest BCUT2D eigenvalue weighted by Crippen LogP contribution is -2.54. The molecule has 0 saturated carbocycles. The molecule has 0 bridgehead atoms. The Kier molecular flexibility index (Phi) is 7.69. The van der Waals surface area contributed by atoms with E-state index in [0.717, 1.165) is 3.57 Å². The van der Waals surface area contributed by atoms with Crippen LogP contribution >= 0.6 is 46.4 Å². The molecular weight excluding hydrogens is 551 g/mol. The van der Waals surface area contributed by atoms with Crippen LogP contribution in [0.25, 0.3) is 6.08 Å². The lowest BCUT2D eigenvalue weighted by atomic mass is 10.1. The molecule has 0 unspecified atom stereocenters. The fourth-order valence-electron chi connectivity index (χ4n) is 2.89. The van der Waals surface area contributed by atoms with Gasteiger partial charge in [0.05, 0.1) is 15.9 Å². The fraction of sp³-hybridized carbons (Fsp3) is 0.136. The van der Waals surface area contributed by atoms with E-state index < -0.39 is 11.8 Å². The van der Waals surface area contributed by atoms with Gasteiger partial charge in [-0.3, -0.25) is 19.8 Å². The summed E-state index contributed by atoms with van der Waals surface area (Å²) in [6, 6.07) is 10.2. The van der Waals surface area contributed by atoms with E-state index in [2.05, 4.69) is 34.5 Å². The van der Waals surface area contributed by atoms with Gasteiger partial charge in [0.25, 0.3) is 11.8 Å². The number of rotatable bonds is 7. The highest BCUT2D eigenvalue weighted by atomic mass is 127. The molecular formula is C22H18ClIN2O4S. The zero-order valence-electron chi connectivity index (χ0n) is 16.5. The Morgan fingerprint density at radius 1 is 1.26 bits per heavy atom. The van der Waals surface area contributed by atoms with Gasteiger partial charge in [-0.05, 0) is 83.7 Å². The average Bonchev–Trinajstić information content (AvgIpc) is 2.71. The van der Waals surface area contributed by atoms with Crippen LogP contribution in [0.1, 0.15) is 12.5 Å². The molecule has 0 aliphatic carbocycles. The quantitative estimate of drug-likeness (QED) is 0.172. The lowest BCUT2D eigenvalue weighted by Gasteiger charge is -2.29. The number of hydrogen-bond acceptors (Lipinski definition) is 5. The number of benzene rings is 2. The maximum Gasteiger partial charge on any atom is 0.270 e. The van der Waals surface area contributed by atoms with Crippen LogP contribution in [-0.2, 0) is 9.59 Å². The maximum atomic E-state index is 13.2. The first-order valence-electron chi connectivity index (χ1n) is 9.22. The van der Waals surface area contributed by atoms with E-state index in [4.69, 9.17) is 33.3 Å². The summed E-state index contributed by atoms with van der Waals surface area (Å²) in [6.45, 7) is 6.26. The predicted molar refractivity (Wildman–Crippen MR) is 134 cm³/mol. The number of nitrogens with zero attached hydrogens (tertiary/aromatic N) is 1. The molecule has 1 saturated heterocycles. The number of carbonyl (C=O) groups is 2. The van der Waals surface area contributed by atoms with Gasteiger partial charge in [-0.15, -0.1) is 0 Å². The molecule has 0 aromatic heterocycles. The third-order valence-corrected chi connectivity index (χ3v) is 5.48. The summed E-state index contributed by atoms with van der Waals surface area (Å²) in [6.07, 6.45) is 3.14. The van der Waals surface area contributed by atoms with Gasteiger partial charge >= 0.3 is 0 Å². The van der Waals surface area contributed by atoms with Crippen LogP contribution < -0.4 is 19.7 Å². The Hall–Kier alpha value is -2.43. The van der Waals surface area contributed by atoms with Gasteiger partial charge in [0.2, 0.25) is 0 Å². The smallest absolute Gasteiger partial charge is 0.270 e. The van der Waals surface area contributed by atoms with Gasteiger partial charge in [0.1, 0.15) is 12.2 Å². The summed E-state index contributed by atoms with van der Waals surface area (Å²) in [7, 11) is 0. The highest BCUT2D eigenvalue weighted by Gasteiger charge is 2.34. The van der Waals surface area contributed by atoms with Crippen molar-refractivity contribution in [3.8, 4) is 11.5 Å². The van der Waals surface area contributed by atoms with E-state index in [9.17, 15) is 9.59 Å². The number of halogens is 2. The molecule has 1 N–H and O–H groups in total. The van der Waals surface area contributed by atoms with E-state index in [1.54, 1.807) is 42.5 Å². The van der Waals surface area contributed by atoms with Gasteiger partial charge in [-0.2, -0.15) is 0 Å². The average molecular weight is 569 g/mol. The van der Waals surface area contributed by atoms with Crippen molar-refractivity contribution in [2.24, 2.45) is 0 Å². The molecule has 2 aromatic rings. The Morgan fingerprint density at radius 3 is 2.71 bits per heavy atom. The van der Waals surface area contributed by atoms with E-state index in [-0.39, 0.29) is 10.7 Å². The van der Waals surface area contributed by atoms with Crippen molar-refractivity contribution in [1.82, 2.24) is 5.32 Å². The number of anilines is 1. The topological polar surface area (TPSA) is 67.9 Å². The molecule has 9 heteroatoms. The van der Waals surface area contributed by atoms with Gasteiger partial charge in [-0.1, -0.05) is 30.3 Å². The number of hydrogen-bond donors (Lipinski definition) is 1. The Bertz CT molecular complexity index is 1100. The van der Waals surface area contributed by atoms with Crippen LogP contribution in [0.4, 0.5) is 5.69 Å². The SMILES string of the molecule is C=CCOc1c(I)cc(/C=C2/C(=O)NC(=S)N(c3cccc(Cl)c3)C2=O)cc1OCC. The van der Waals surface area contributed by atoms with Crippen molar-refractivity contribution in [1.29, 1.82) is 0 Å². The second kappa shape index (κ2) is 10.3. The Balaban J connectivity index is 2.03. The summed E-state index contributed by atoms with van der Waals surface area (Å²) >= 11 is 13.4. The first-order chi connectivity index (χ1) is 14.8. The molecule has 160 valence electrons. The van der Waals surface area contributed by atoms with Gasteiger partial charge in [-0.25, -0.2) is 0 Å². The Morgan fingerprint density at radius 2 is 2.03 bits per heavy atom. The van der Waals surface area contributed by atoms with Gasteiger partial charge in [0, 0.05) is 5.02 Å². The molecule has 2 amide bonds. The summed E-state index contributed by atoms with van der Waals surface area (Å²) in [5, 5.41) is 3.00. The van der Waals surface area contributed by atoms with E-state index in [0.29, 0.717) is 41.0 Å². The number of amides is 2. The molecule has 1 aliphatic heterocycles. The van der Waals surface area contributed by atoms with Crippen molar-refractivity contribution in [2.45, 2.75) is 6.92 Å². The van der Waals surface area contributed by atoms with Crippen molar-refractivity contribution in [3.05, 3.63) is 68.8 Å². The van der Waals surface area contributed by atoms with Crippen LogP contribution in [-0.4, -0.2) is 30.1 Å². The number of ether oxygens (including phenoxy) is 2. The van der Waals surface area contributed by atoms with Gasteiger partial charge < -0.3 is 9.47 Å². The first-order valence-corrected chi connectivity index (χ1v) is 11.1. The molecule has 31 heavy (non-hydrogen) atoms. The van der Waals surface area contributed by atoms with Crippen molar-refractivity contribution in [3.63, 3.8) is 0 Å². The minimum atomic E-state index is -0.576. The summed E-state index contributed by atoms with van der Waals surface area (Å²) < 4.78 is 12.2. The minimum absolute atomic E-state index is 0.00724. The number of thiocarbonyl (C=S) groups is 1. The zero-order chi connectivity index (χ0) is 22.5. The largest absolute Gasteiger partial charge is 0.490 e. The molecule has 2 aromatic carbocycles. The standard InChI is InChI=1S/C22H18ClIN2O4S/c1-3-8-30-19-17(24)10-13(11-18(19)29-4-2)9-16-20(27)25-22(31)26(21(16)28)15-7-5-6-14(23)12-15/h3,5-7,9-12H,1,4,8H2,2H3,(H,25,27,31)/b16-9-. The van der Waals surface area contributed by atoms with E-state index in [1.165, 1.54) is 11.0 Å². The maximum absolute atomic E-state index is 13.2. The number of nitrogens with one attached hydrogen (secondary N) is 1. The molecule has 6 nitrogen and oxygen atoms in total. The molecule has 3 rings (SSSR count). The summed E-state index contributed by atoms with van der Waals surface area (Å²) in [4.78, 5) is 27.0. The fourth-order valence-corrected chi connectivity index (χ4v) is 4.14. The Labute approximate surface area is 204 Å². The molecule has 1 heterocycles. The molecule has 0 spiro atoms.